The number of rotatable bonds is 8. The van der Waals surface area contributed by atoms with Crippen molar-refractivity contribution in [2.45, 2.75) is 58.4 Å². The molecule has 1 aliphatic rings. The van der Waals surface area contributed by atoms with Crippen LogP contribution in [0.3, 0.4) is 0 Å². The van der Waals surface area contributed by atoms with Crippen LogP contribution in [0.4, 0.5) is 0 Å². The van der Waals surface area contributed by atoms with Crippen molar-refractivity contribution in [1.82, 2.24) is 4.90 Å². The molecule has 94 valence electrons. The molecular weight excluding hydrogens is 198 g/mol. The number of hydrogen-bond donors (Lipinski definition) is 1. The van der Waals surface area contributed by atoms with Gasteiger partial charge in [-0.3, -0.25) is 4.99 Å². The average Bonchev–Trinajstić information content (AvgIpc) is 2.64. The van der Waals surface area contributed by atoms with Crippen molar-refractivity contribution >= 4 is 5.84 Å². The lowest BCUT2D eigenvalue weighted by molar-refractivity contribution is 0.417. The van der Waals surface area contributed by atoms with Crippen molar-refractivity contribution in [2.24, 2.45) is 10.7 Å². The first-order valence-electron chi connectivity index (χ1n) is 6.78. The first-order chi connectivity index (χ1) is 7.74. The minimum Gasteiger partial charge on any atom is -0.357 e. The van der Waals surface area contributed by atoms with Crippen LogP contribution in [0.25, 0.3) is 0 Å². The van der Waals surface area contributed by atoms with E-state index in [2.05, 4.69) is 23.7 Å². The Morgan fingerprint density at radius 2 is 2.06 bits per heavy atom. The highest BCUT2D eigenvalue weighted by Crippen LogP contribution is 2.11. The zero-order chi connectivity index (χ0) is 11.8. The zero-order valence-electron chi connectivity index (χ0n) is 10.9. The molecule has 1 heterocycles. The fraction of sp³-hybridized carbons (Fsp3) is 0.923. The molecule has 0 aromatic carbocycles. The topological polar surface area (TPSA) is 41.6 Å². The van der Waals surface area contributed by atoms with Gasteiger partial charge in [-0.25, -0.2) is 0 Å². The molecule has 0 radical (unpaired) electrons. The Morgan fingerprint density at radius 1 is 1.31 bits per heavy atom. The number of unbranched alkanes of at least 4 members (excludes halogenated alkanes) is 4. The van der Waals surface area contributed by atoms with E-state index in [-0.39, 0.29) is 6.04 Å². The van der Waals surface area contributed by atoms with Gasteiger partial charge in [-0.2, -0.15) is 0 Å². The summed E-state index contributed by atoms with van der Waals surface area (Å²) in [6.07, 6.45) is 7.84. The van der Waals surface area contributed by atoms with Gasteiger partial charge in [0.25, 0.3) is 0 Å². The summed E-state index contributed by atoms with van der Waals surface area (Å²) in [5.41, 5.74) is 5.83. The van der Waals surface area contributed by atoms with E-state index in [9.17, 15) is 0 Å². The van der Waals surface area contributed by atoms with Gasteiger partial charge in [0.2, 0.25) is 0 Å². The molecule has 3 heteroatoms. The van der Waals surface area contributed by atoms with E-state index in [1.54, 1.807) is 0 Å². The summed E-state index contributed by atoms with van der Waals surface area (Å²) < 4.78 is 0. The van der Waals surface area contributed by atoms with Crippen LogP contribution in [0, 0.1) is 0 Å². The molecule has 2 N–H and O–H groups in total. The highest BCUT2D eigenvalue weighted by molar-refractivity contribution is 5.83. The molecule has 0 spiro atoms. The average molecular weight is 225 g/mol. The van der Waals surface area contributed by atoms with Gasteiger partial charge in [-0.15, -0.1) is 0 Å². The number of nitrogens with two attached hydrogens (primary N) is 1. The molecule has 3 nitrogen and oxygen atoms in total. The van der Waals surface area contributed by atoms with E-state index >= 15 is 0 Å². The van der Waals surface area contributed by atoms with Crippen LogP contribution in [-0.2, 0) is 0 Å². The third kappa shape index (κ3) is 4.97. The van der Waals surface area contributed by atoms with Crippen molar-refractivity contribution < 1.29 is 0 Å². The van der Waals surface area contributed by atoms with Gasteiger partial charge in [-0.1, -0.05) is 32.6 Å². The Hall–Kier alpha value is -0.570. The Balaban J connectivity index is 2.15. The van der Waals surface area contributed by atoms with Crippen molar-refractivity contribution in [3.63, 3.8) is 0 Å². The molecule has 1 unspecified atom stereocenters. The highest BCUT2D eigenvalue weighted by Gasteiger charge is 2.16. The summed E-state index contributed by atoms with van der Waals surface area (Å²) in [5.74, 6) is 1.30. The van der Waals surface area contributed by atoms with Gasteiger partial charge < -0.3 is 10.6 Å². The van der Waals surface area contributed by atoms with Gasteiger partial charge in [0.15, 0.2) is 0 Å². The van der Waals surface area contributed by atoms with E-state index < -0.39 is 0 Å². The van der Waals surface area contributed by atoms with Crippen LogP contribution in [0.15, 0.2) is 4.99 Å². The molecule has 1 atom stereocenters. The molecule has 0 fully saturated rings. The fourth-order valence-corrected chi connectivity index (χ4v) is 2.20. The summed E-state index contributed by atoms with van der Waals surface area (Å²) >= 11 is 0. The standard InChI is InChI=1S/C13H27N3/c1-3-4-5-6-7-8-13-15-9-10-16(13)11-12(2)14/h12H,3-11,14H2,1-2H3. The van der Waals surface area contributed by atoms with Gasteiger partial charge in [0.05, 0.1) is 12.4 Å². The quantitative estimate of drug-likeness (QED) is 0.645. The Kier molecular flexibility index (Phi) is 6.46. The van der Waals surface area contributed by atoms with Crippen LogP contribution in [0.5, 0.6) is 0 Å². The molecule has 0 aliphatic carbocycles. The molecule has 0 saturated carbocycles. The van der Waals surface area contributed by atoms with Crippen LogP contribution in [-0.4, -0.2) is 36.4 Å². The largest absolute Gasteiger partial charge is 0.357 e. The van der Waals surface area contributed by atoms with Crippen molar-refractivity contribution in [3.8, 4) is 0 Å². The minimum absolute atomic E-state index is 0.253. The summed E-state index contributed by atoms with van der Waals surface area (Å²) in [7, 11) is 0. The lowest BCUT2D eigenvalue weighted by Crippen LogP contribution is -2.37. The van der Waals surface area contributed by atoms with E-state index in [1.807, 2.05) is 0 Å². The number of aliphatic imine (C=N–C) groups is 1. The molecule has 16 heavy (non-hydrogen) atoms. The summed E-state index contributed by atoms with van der Waals surface area (Å²) in [4.78, 5) is 6.94. The maximum Gasteiger partial charge on any atom is 0.0990 e. The SMILES string of the molecule is CCCCCCCC1=NCCN1CC(C)N. The second-order valence-corrected chi connectivity index (χ2v) is 4.89. The van der Waals surface area contributed by atoms with Crippen molar-refractivity contribution in [3.05, 3.63) is 0 Å². The van der Waals surface area contributed by atoms with Gasteiger partial charge >= 0.3 is 0 Å². The lowest BCUT2D eigenvalue weighted by atomic mass is 10.1. The second kappa shape index (κ2) is 7.66. The first-order valence-corrected chi connectivity index (χ1v) is 6.78. The predicted molar refractivity (Wildman–Crippen MR) is 70.9 cm³/mol. The molecular formula is C13H27N3. The van der Waals surface area contributed by atoms with E-state index in [0.29, 0.717) is 0 Å². The maximum absolute atomic E-state index is 5.83. The molecule has 0 bridgehead atoms. The smallest absolute Gasteiger partial charge is 0.0990 e. The normalized spacial score (nSPS) is 17.7. The second-order valence-electron chi connectivity index (χ2n) is 4.89. The summed E-state index contributed by atoms with van der Waals surface area (Å²) in [6.45, 7) is 7.33. The van der Waals surface area contributed by atoms with Gasteiger partial charge in [0, 0.05) is 25.6 Å². The molecule has 0 aromatic rings. The third-order valence-corrected chi connectivity index (χ3v) is 3.04. The molecule has 0 aromatic heterocycles. The van der Waals surface area contributed by atoms with E-state index in [0.717, 1.165) is 26.1 Å². The summed E-state index contributed by atoms with van der Waals surface area (Å²) in [6, 6.07) is 0.253. The fourth-order valence-electron chi connectivity index (χ4n) is 2.20. The Labute approximate surface area is 100 Å². The minimum atomic E-state index is 0.253. The zero-order valence-corrected chi connectivity index (χ0v) is 10.9. The van der Waals surface area contributed by atoms with Crippen LogP contribution in [0.1, 0.15) is 52.4 Å². The third-order valence-electron chi connectivity index (χ3n) is 3.04. The number of hydrogen-bond acceptors (Lipinski definition) is 3. The van der Waals surface area contributed by atoms with Gasteiger partial charge in [-0.05, 0) is 13.3 Å². The van der Waals surface area contributed by atoms with Crippen LogP contribution < -0.4 is 5.73 Å². The van der Waals surface area contributed by atoms with Crippen molar-refractivity contribution in [1.29, 1.82) is 0 Å². The van der Waals surface area contributed by atoms with Gasteiger partial charge in [0.1, 0.15) is 0 Å². The molecule has 0 amide bonds. The lowest BCUT2D eigenvalue weighted by Gasteiger charge is -2.22. The monoisotopic (exact) mass is 225 g/mol. The Bertz CT molecular complexity index is 211. The number of amidine groups is 1. The highest BCUT2D eigenvalue weighted by atomic mass is 15.2. The Morgan fingerprint density at radius 3 is 2.75 bits per heavy atom. The molecule has 1 aliphatic heterocycles. The summed E-state index contributed by atoms with van der Waals surface area (Å²) in [5, 5.41) is 0. The molecule has 1 rings (SSSR count). The number of nitrogens with zero attached hydrogens (tertiary/aromatic N) is 2. The van der Waals surface area contributed by atoms with Crippen LogP contribution in [0.2, 0.25) is 0 Å². The van der Waals surface area contributed by atoms with E-state index in [4.69, 9.17) is 5.73 Å². The molecule has 0 saturated heterocycles. The van der Waals surface area contributed by atoms with Crippen LogP contribution >= 0.6 is 0 Å². The van der Waals surface area contributed by atoms with E-state index in [1.165, 1.54) is 37.9 Å². The maximum atomic E-state index is 5.83. The first kappa shape index (κ1) is 13.5. The van der Waals surface area contributed by atoms with Crippen molar-refractivity contribution in [2.75, 3.05) is 19.6 Å². The predicted octanol–water partition coefficient (Wildman–Crippen LogP) is 2.41.